The number of benzene rings is 1. The molecule has 3 rings (SSSR count). The Balaban J connectivity index is 1.88. The smallest absolute Gasteiger partial charge is 0.194 e. The molecule has 0 aromatic heterocycles. The van der Waals surface area contributed by atoms with Crippen LogP contribution in [0.25, 0.3) is 0 Å². The molecule has 0 radical (unpaired) electrons. The normalized spacial score (nSPS) is 23.9. The molecule has 1 aromatic carbocycles. The minimum Gasteiger partial charge on any atom is -0.356 e. The van der Waals surface area contributed by atoms with Crippen LogP contribution in [-0.2, 0) is 0 Å². The van der Waals surface area contributed by atoms with E-state index >= 15 is 0 Å². The van der Waals surface area contributed by atoms with E-state index in [0.717, 1.165) is 38.4 Å². The van der Waals surface area contributed by atoms with E-state index in [9.17, 15) is 0 Å². The fraction of sp³-hybridized carbons (Fsp3) is 0.438. The first-order valence-electron chi connectivity index (χ1n) is 7.12. The van der Waals surface area contributed by atoms with Gasteiger partial charge in [0.05, 0.1) is 0 Å². The highest BCUT2D eigenvalue weighted by Crippen LogP contribution is 2.29. The Hall–Kier alpha value is -1.77. The van der Waals surface area contributed by atoms with Crippen LogP contribution in [0.5, 0.6) is 0 Å². The Morgan fingerprint density at radius 3 is 3.00 bits per heavy atom. The molecule has 3 heteroatoms. The third-order valence-electron chi connectivity index (χ3n) is 4.07. The largest absolute Gasteiger partial charge is 0.356 e. The first-order valence-corrected chi connectivity index (χ1v) is 7.12. The van der Waals surface area contributed by atoms with Gasteiger partial charge in [0.25, 0.3) is 0 Å². The van der Waals surface area contributed by atoms with Gasteiger partial charge in [-0.25, -0.2) is 0 Å². The maximum atomic E-state index is 4.61. The molecule has 1 fully saturated rings. The molecule has 2 heterocycles. The molecule has 2 aliphatic heterocycles. The average Bonchev–Trinajstić information content (AvgIpc) is 2.49. The molecule has 2 atom stereocenters. The van der Waals surface area contributed by atoms with E-state index in [2.05, 4.69) is 58.2 Å². The van der Waals surface area contributed by atoms with Crippen LogP contribution in [0, 0.1) is 0 Å². The summed E-state index contributed by atoms with van der Waals surface area (Å²) in [6, 6.07) is 11.2. The average molecular weight is 255 g/mol. The van der Waals surface area contributed by atoms with E-state index in [4.69, 9.17) is 0 Å². The molecule has 0 aliphatic carbocycles. The van der Waals surface area contributed by atoms with Crippen molar-refractivity contribution in [3.63, 3.8) is 0 Å². The van der Waals surface area contributed by atoms with Gasteiger partial charge in [0.1, 0.15) is 0 Å². The highest BCUT2D eigenvalue weighted by Gasteiger charge is 2.32. The quantitative estimate of drug-likeness (QED) is 0.840. The lowest BCUT2D eigenvalue weighted by Crippen LogP contribution is -2.56. The van der Waals surface area contributed by atoms with E-state index < -0.39 is 0 Å². The van der Waals surface area contributed by atoms with Gasteiger partial charge in [-0.1, -0.05) is 36.4 Å². The fourth-order valence-electron chi connectivity index (χ4n) is 3.15. The zero-order valence-corrected chi connectivity index (χ0v) is 11.3. The number of hydrogen-bond donors (Lipinski definition) is 1. The third kappa shape index (κ3) is 2.37. The van der Waals surface area contributed by atoms with Gasteiger partial charge in [-0.3, -0.25) is 4.99 Å². The summed E-state index contributed by atoms with van der Waals surface area (Å²) >= 11 is 0. The topological polar surface area (TPSA) is 27.6 Å². The van der Waals surface area contributed by atoms with Gasteiger partial charge in [-0.05, 0) is 18.4 Å². The Labute approximate surface area is 115 Å². The minimum atomic E-state index is 0.381. The molecule has 100 valence electrons. The van der Waals surface area contributed by atoms with E-state index in [1.54, 1.807) is 0 Å². The van der Waals surface area contributed by atoms with E-state index in [0.29, 0.717) is 12.0 Å². The molecule has 19 heavy (non-hydrogen) atoms. The summed E-state index contributed by atoms with van der Waals surface area (Å²) in [5, 5.41) is 3.42. The van der Waals surface area contributed by atoms with Crippen molar-refractivity contribution in [2.75, 3.05) is 19.6 Å². The van der Waals surface area contributed by atoms with Crippen molar-refractivity contribution in [3.8, 4) is 0 Å². The van der Waals surface area contributed by atoms with Crippen molar-refractivity contribution in [1.29, 1.82) is 0 Å². The lowest BCUT2D eigenvalue weighted by molar-refractivity contribution is 0.233. The van der Waals surface area contributed by atoms with Crippen molar-refractivity contribution >= 4 is 5.96 Å². The third-order valence-corrected chi connectivity index (χ3v) is 4.07. The number of fused-ring (bicyclic) bond motifs is 1. The van der Waals surface area contributed by atoms with Crippen LogP contribution in [0.15, 0.2) is 48.0 Å². The standard InChI is InChI=1S/C16H21N3/c1-2-14(13-7-4-3-5-8-13)15-9-11-18-16-17-10-6-12-19(15)16/h2-5,7-8,14-15H,1,6,9-12H2,(H,17,18). The van der Waals surface area contributed by atoms with Crippen molar-refractivity contribution in [2.24, 2.45) is 4.99 Å². The van der Waals surface area contributed by atoms with Crippen LogP contribution >= 0.6 is 0 Å². The Morgan fingerprint density at radius 2 is 2.21 bits per heavy atom. The molecule has 1 aromatic rings. The number of aliphatic imine (C=N–C) groups is 1. The molecule has 3 nitrogen and oxygen atoms in total. The number of nitrogens with zero attached hydrogens (tertiary/aromatic N) is 2. The summed E-state index contributed by atoms with van der Waals surface area (Å²) in [7, 11) is 0. The van der Waals surface area contributed by atoms with Gasteiger partial charge in [0, 0.05) is 31.6 Å². The molecule has 1 N–H and O–H groups in total. The summed E-state index contributed by atoms with van der Waals surface area (Å²) in [6.07, 6.45) is 4.39. The number of rotatable bonds is 3. The van der Waals surface area contributed by atoms with Crippen LogP contribution in [-0.4, -0.2) is 36.5 Å². The zero-order chi connectivity index (χ0) is 13.1. The zero-order valence-electron chi connectivity index (χ0n) is 11.3. The van der Waals surface area contributed by atoms with Gasteiger partial charge in [0.2, 0.25) is 0 Å². The predicted molar refractivity (Wildman–Crippen MR) is 79.4 cm³/mol. The van der Waals surface area contributed by atoms with Crippen LogP contribution in [0.3, 0.4) is 0 Å². The van der Waals surface area contributed by atoms with Crippen LogP contribution in [0.4, 0.5) is 0 Å². The predicted octanol–water partition coefficient (Wildman–Crippen LogP) is 2.38. The van der Waals surface area contributed by atoms with Crippen molar-refractivity contribution < 1.29 is 0 Å². The highest BCUT2D eigenvalue weighted by molar-refractivity contribution is 5.81. The molecular weight excluding hydrogens is 234 g/mol. The van der Waals surface area contributed by atoms with E-state index in [1.165, 1.54) is 5.56 Å². The second-order valence-electron chi connectivity index (χ2n) is 5.21. The van der Waals surface area contributed by atoms with Gasteiger partial charge >= 0.3 is 0 Å². The van der Waals surface area contributed by atoms with Crippen molar-refractivity contribution in [3.05, 3.63) is 48.6 Å². The van der Waals surface area contributed by atoms with Gasteiger partial charge in [-0.2, -0.15) is 0 Å². The highest BCUT2D eigenvalue weighted by atomic mass is 15.3. The molecule has 0 spiro atoms. The minimum absolute atomic E-state index is 0.381. The van der Waals surface area contributed by atoms with E-state index in [1.807, 2.05) is 0 Å². The Kier molecular flexibility index (Phi) is 3.53. The van der Waals surface area contributed by atoms with Crippen LogP contribution in [0.2, 0.25) is 0 Å². The van der Waals surface area contributed by atoms with Gasteiger partial charge in [-0.15, -0.1) is 6.58 Å². The first-order chi connectivity index (χ1) is 9.40. The molecule has 0 saturated carbocycles. The molecular formula is C16H21N3. The lowest BCUT2D eigenvalue weighted by Gasteiger charge is -2.43. The van der Waals surface area contributed by atoms with E-state index in [-0.39, 0.29) is 0 Å². The molecule has 0 bridgehead atoms. The summed E-state index contributed by atoms with van der Waals surface area (Å²) in [5.74, 6) is 1.47. The monoisotopic (exact) mass is 255 g/mol. The maximum absolute atomic E-state index is 4.61. The number of hydrogen-bond acceptors (Lipinski definition) is 3. The van der Waals surface area contributed by atoms with Gasteiger partial charge in [0.15, 0.2) is 5.96 Å². The molecule has 1 saturated heterocycles. The molecule has 2 unspecified atom stereocenters. The Morgan fingerprint density at radius 1 is 1.37 bits per heavy atom. The number of nitrogens with one attached hydrogen (secondary N) is 1. The second kappa shape index (κ2) is 5.47. The molecule has 0 amide bonds. The SMILES string of the molecule is C=CC(c1ccccc1)C1CCNC2=NCCCN21. The summed E-state index contributed by atoms with van der Waals surface area (Å²) in [6.45, 7) is 7.13. The fourth-order valence-corrected chi connectivity index (χ4v) is 3.15. The second-order valence-corrected chi connectivity index (χ2v) is 5.21. The Bertz CT molecular complexity index is 466. The number of guanidine groups is 1. The maximum Gasteiger partial charge on any atom is 0.194 e. The van der Waals surface area contributed by atoms with Crippen LogP contribution < -0.4 is 5.32 Å². The van der Waals surface area contributed by atoms with Gasteiger partial charge < -0.3 is 10.2 Å². The van der Waals surface area contributed by atoms with Crippen molar-refractivity contribution in [2.45, 2.75) is 24.8 Å². The molecule has 2 aliphatic rings. The van der Waals surface area contributed by atoms with Crippen molar-refractivity contribution in [1.82, 2.24) is 10.2 Å². The lowest BCUT2D eigenvalue weighted by atomic mass is 9.87. The summed E-state index contributed by atoms with van der Waals surface area (Å²) in [4.78, 5) is 7.05. The summed E-state index contributed by atoms with van der Waals surface area (Å²) in [5.41, 5.74) is 1.36. The summed E-state index contributed by atoms with van der Waals surface area (Å²) < 4.78 is 0. The first kappa shape index (κ1) is 12.3. The van der Waals surface area contributed by atoms with Crippen LogP contribution in [0.1, 0.15) is 24.3 Å².